The second kappa shape index (κ2) is 8.04. The molecule has 1 aromatic carbocycles. The number of hydrogen-bond acceptors (Lipinski definition) is 3. The molecule has 0 radical (unpaired) electrons. The van der Waals surface area contributed by atoms with Crippen molar-refractivity contribution in [3.8, 4) is 0 Å². The number of thiophene rings is 1. The van der Waals surface area contributed by atoms with Crippen LogP contribution >= 0.6 is 11.3 Å². The van der Waals surface area contributed by atoms with Crippen LogP contribution in [-0.2, 0) is 17.8 Å². The van der Waals surface area contributed by atoms with E-state index in [-0.39, 0.29) is 17.7 Å². The van der Waals surface area contributed by atoms with E-state index in [1.807, 2.05) is 36.9 Å². The highest BCUT2D eigenvalue weighted by Crippen LogP contribution is 2.27. The van der Waals surface area contributed by atoms with Crippen LogP contribution in [0.5, 0.6) is 0 Å². The summed E-state index contributed by atoms with van der Waals surface area (Å²) in [6.45, 7) is 7.34. The van der Waals surface area contributed by atoms with E-state index in [1.165, 1.54) is 10.4 Å². The van der Waals surface area contributed by atoms with Gasteiger partial charge in [0.05, 0.1) is 0 Å². The van der Waals surface area contributed by atoms with Gasteiger partial charge in [-0.1, -0.05) is 26.3 Å². The molecule has 0 saturated carbocycles. The number of nitrogens with one attached hydrogen (secondary N) is 1. The first-order chi connectivity index (χ1) is 12.5. The summed E-state index contributed by atoms with van der Waals surface area (Å²) in [5.74, 6) is 0.0235. The molecule has 1 aliphatic rings. The first kappa shape index (κ1) is 18.6. The van der Waals surface area contributed by atoms with Gasteiger partial charge in [-0.3, -0.25) is 9.59 Å². The zero-order valence-electron chi connectivity index (χ0n) is 15.7. The molecule has 4 nitrogen and oxygen atoms in total. The molecular formula is C21H26N2O2S. The van der Waals surface area contributed by atoms with Crippen molar-refractivity contribution in [1.82, 2.24) is 4.90 Å². The fourth-order valence-electron chi connectivity index (χ4n) is 3.41. The fourth-order valence-corrected chi connectivity index (χ4v) is 4.30. The van der Waals surface area contributed by atoms with Crippen LogP contribution in [0.2, 0.25) is 0 Å². The summed E-state index contributed by atoms with van der Waals surface area (Å²) >= 11 is 1.77. The third-order valence-corrected chi connectivity index (χ3v) is 6.11. The van der Waals surface area contributed by atoms with E-state index >= 15 is 0 Å². The summed E-state index contributed by atoms with van der Waals surface area (Å²) in [5, 5.41) is 5.09. The van der Waals surface area contributed by atoms with E-state index in [2.05, 4.69) is 23.7 Å². The Kier molecular flexibility index (Phi) is 5.77. The van der Waals surface area contributed by atoms with E-state index in [0.29, 0.717) is 12.1 Å². The average molecular weight is 371 g/mol. The number of hydrogen-bond donors (Lipinski definition) is 1. The van der Waals surface area contributed by atoms with Crippen LogP contribution in [0.1, 0.15) is 53.1 Å². The number of carbonyl (C=O) groups is 2. The van der Waals surface area contributed by atoms with Crippen LogP contribution in [0.25, 0.3) is 0 Å². The molecule has 5 heteroatoms. The molecule has 0 aliphatic carbocycles. The molecule has 2 amide bonds. The van der Waals surface area contributed by atoms with Gasteiger partial charge in [-0.05, 0) is 54.5 Å². The van der Waals surface area contributed by atoms with Gasteiger partial charge in [-0.15, -0.1) is 11.3 Å². The highest BCUT2D eigenvalue weighted by Gasteiger charge is 2.24. The van der Waals surface area contributed by atoms with E-state index in [4.69, 9.17) is 0 Å². The number of nitrogens with zero attached hydrogens (tertiary/aromatic N) is 1. The Morgan fingerprint density at radius 3 is 2.88 bits per heavy atom. The van der Waals surface area contributed by atoms with Gasteiger partial charge in [0, 0.05) is 35.1 Å². The molecule has 0 spiro atoms. The topological polar surface area (TPSA) is 49.4 Å². The monoisotopic (exact) mass is 370 g/mol. The van der Waals surface area contributed by atoms with Crippen LogP contribution < -0.4 is 5.32 Å². The summed E-state index contributed by atoms with van der Waals surface area (Å²) in [4.78, 5) is 28.7. The predicted octanol–water partition coefficient (Wildman–Crippen LogP) is 4.63. The van der Waals surface area contributed by atoms with Crippen molar-refractivity contribution in [3.05, 3.63) is 51.2 Å². The molecule has 1 atom stereocenters. The van der Waals surface area contributed by atoms with Gasteiger partial charge in [0.1, 0.15) is 0 Å². The maximum absolute atomic E-state index is 13.0. The van der Waals surface area contributed by atoms with E-state index in [9.17, 15) is 9.59 Å². The maximum Gasteiger partial charge on any atom is 0.254 e. The molecule has 2 aromatic rings. The maximum atomic E-state index is 13.0. The smallest absolute Gasteiger partial charge is 0.254 e. The number of amides is 2. The zero-order chi connectivity index (χ0) is 18.7. The first-order valence-corrected chi connectivity index (χ1v) is 10.1. The van der Waals surface area contributed by atoms with Crippen molar-refractivity contribution in [1.29, 1.82) is 0 Å². The molecule has 0 fully saturated rings. The van der Waals surface area contributed by atoms with Gasteiger partial charge in [0.2, 0.25) is 5.91 Å². The summed E-state index contributed by atoms with van der Waals surface area (Å²) in [7, 11) is 0. The second-order valence-corrected chi connectivity index (χ2v) is 8.00. The second-order valence-electron chi connectivity index (χ2n) is 7.00. The SMILES string of the molecule is CCCC(C)C(=O)Nc1cccc(C(=O)N2CCc3sccc3C2)c1C. The van der Waals surface area contributed by atoms with Crippen molar-refractivity contribution in [3.63, 3.8) is 0 Å². The number of rotatable bonds is 5. The number of carbonyl (C=O) groups excluding carboxylic acids is 2. The minimum Gasteiger partial charge on any atom is -0.334 e. The molecule has 1 aromatic heterocycles. The Balaban J connectivity index is 1.76. The molecule has 3 rings (SSSR count). The minimum atomic E-state index is -0.0298. The summed E-state index contributed by atoms with van der Waals surface area (Å²) in [5.41, 5.74) is 3.50. The summed E-state index contributed by atoms with van der Waals surface area (Å²) < 4.78 is 0. The standard InChI is InChI=1S/C21H26N2O2S/c1-4-6-14(2)20(24)22-18-8-5-7-17(15(18)3)21(25)23-11-9-19-16(13-23)10-12-26-19/h5,7-8,10,12,14H,4,6,9,11,13H2,1-3H3,(H,22,24). The van der Waals surface area contributed by atoms with E-state index in [0.717, 1.165) is 37.1 Å². The third kappa shape index (κ3) is 3.83. The lowest BCUT2D eigenvalue weighted by Crippen LogP contribution is -2.35. The zero-order valence-corrected chi connectivity index (χ0v) is 16.5. The molecule has 0 bridgehead atoms. The molecule has 1 aliphatic heterocycles. The quantitative estimate of drug-likeness (QED) is 0.834. The molecule has 2 heterocycles. The normalized spacial score (nSPS) is 14.7. The predicted molar refractivity (Wildman–Crippen MR) is 107 cm³/mol. The summed E-state index contributed by atoms with van der Waals surface area (Å²) in [6, 6.07) is 7.68. The Hall–Kier alpha value is -2.14. The average Bonchev–Trinajstić information content (AvgIpc) is 3.10. The Labute approximate surface area is 159 Å². The van der Waals surface area contributed by atoms with Crippen LogP contribution in [0, 0.1) is 12.8 Å². The van der Waals surface area contributed by atoms with Crippen LogP contribution in [0.15, 0.2) is 29.6 Å². The van der Waals surface area contributed by atoms with E-state index < -0.39 is 0 Å². The van der Waals surface area contributed by atoms with Crippen LogP contribution in [-0.4, -0.2) is 23.3 Å². The van der Waals surface area contributed by atoms with Gasteiger partial charge in [-0.25, -0.2) is 0 Å². The van der Waals surface area contributed by atoms with Gasteiger partial charge in [0.15, 0.2) is 0 Å². The van der Waals surface area contributed by atoms with Crippen molar-refractivity contribution >= 4 is 28.8 Å². The molecule has 1 N–H and O–H groups in total. The summed E-state index contributed by atoms with van der Waals surface area (Å²) in [6.07, 6.45) is 2.76. The van der Waals surface area contributed by atoms with Crippen molar-refractivity contribution in [2.45, 2.75) is 46.6 Å². The Morgan fingerprint density at radius 1 is 1.31 bits per heavy atom. The van der Waals surface area contributed by atoms with Gasteiger partial charge in [-0.2, -0.15) is 0 Å². The lowest BCUT2D eigenvalue weighted by Gasteiger charge is -2.28. The largest absolute Gasteiger partial charge is 0.334 e. The van der Waals surface area contributed by atoms with Crippen LogP contribution in [0.4, 0.5) is 5.69 Å². The number of benzene rings is 1. The lowest BCUT2D eigenvalue weighted by molar-refractivity contribution is -0.119. The highest BCUT2D eigenvalue weighted by molar-refractivity contribution is 7.10. The molecule has 0 saturated heterocycles. The number of anilines is 1. The minimum absolute atomic E-state index is 0.0143. The fraction of sp³-hybridized carbons (Fsp3) is 0.429. The highest BCUT2D eigenvalue weighted by atomic mass is 32.1. The van der Waals surface area contributed by atoms with Crippen molar-refractivity contribution < 1.29 is 9.59 Å². The van der Waals surface area contributed by atoms with Crippen LogP contribution in [0.3, 0.4) is 0 Å². The lowest BCUT2D eigenvalue weighted by atomic mass is 10.0. The van der Waals surface area contributed by atoms with Gasteiger partial charge in [0.25, 0.3) is 5.91 Å². The molecule has 26 heavy (non-hydrogen) atoms. The molecule has 138 valence electrons. The van der Waals surface area contributed by atoms with Crippen molar-refractivity contribution in [2.75, 3.05) is 11.9 Å². The molecular weight excluding hydrogens is 344 g/mol. The Morgan fingerprint density at radius 2 is 2.12 bits per heavy atom. The number of fused-ring (bicyclic) bond motifs is 1. The Bertz CT molecular complexity index is 812. The van der Waals surface area contributed by atoms with Gasteiger partial charge < -0.3 is 10.2 Å². The third-order valence-electron chi connectivity index (χ3n) is 5.09. The van der Waals surface area contributed by atoms with E-state index in [1.54, 1.807) is 11.3 Å². The van der Waals surface area contributed by atoms with Crippen molar-refractivity contribution in [2.24, 2.45) is 5.92 Å². The first-order valence-electron chi connectivity index (χ1n) is 9.26. The van der Waals surface area contributed by atoms with Gasteiger partial charge >= 0.3 is 0 Å². The molecule has 1 unspecified atom stereocenters.